The zero-order valence-corrected chi connectivity index (χ0v) is 17.5. The van der Waals surface area contributed by atoms with Gasteiger partial charge in [0.25, 0.3) is 0 Å². The molecule has 0 bridgehead atoms. The summed E-state index contributed by atoms with van der Waals surface area (Å²) in [6.45, 7) is 16.3. The molecule has 1 atom stereocenters. The molecule has 0 aromatic rings. The Hall–Kier alpha value is -1.34. The highest BCUT2D eigenvalue weighted by atomic mass is 28.4. The number of rotatable bonds is 6. The zero-order valence-electron chi connectivity index (χ0n) is 16.5. The van der Waals surface area contributed by atoms with E-state index in [2.05, 4.69) is 43.9 Å². The van der Waals surface area contributed by atoms with Crippen molar-refractivity contribution in [2.75, 3.05) is 13.7 Å². The van der Waals surface area contributed by atoms with E-state index in [0.29, 0.717) is 0 Å². The van der Waals surface area contributed by atoms with Gasteiger partial charge in [-0.3, -0.25) is 0 Å². The van der Waals surface area contributed by atoms with Crippen molar-refractivity contribution in [2.45, 2.75) is 71.3 Å². The van der Waals surface area contributed by atoms with Gasteiger partial charge in [-0.25, -0.2) is 9.59 Å². The minimum Gasteiger partial charge on any atom is -0.466 e. The van der Waals surface area contributed by atoms with Crippen LogP contribution in [0, 0.1) is 0 Å². The molecule has 0 aromatic carbocycles. The van der Waals surface area contributed by atoms with Gasteiger partial charge < -0.3 is 19.2 Å². The summed E-state index contributed by atoms with van der Waals surface area (Å²) in [6, 6.07) is -0.479. The van der Waals surface area contributed by atoms with Crippen molar-refractivity contribution in [1.82, 2.24) is 5.32 Å². The summed E-state index contributed by atoms with van der Waals surface area (Å²) < 4.78 is 16.0. The summed E-state index contributed by atoms with van der Waals surface area (Å²) in [5, 5.41) is 2.77. The number of amides is 1. The fourth-order valence-corrected chi connectivity index (χ4v) is 2.41. The maximum atomic E-state index is 12.0. The second-order valence-corrected chi connectivity index (χ2v) is 13.0. The summed E-state index contributed by atoms with van der Waals surface area (Å²) in [4.78, 5) is 23.3. The molecule has 0 saturated carbocycles. The van der Waals surface area contributed by atoms with Crippen LogP contribution in [-0.2, 0) is 18.7 Å². The standard InChI is InChI=1S/C17H33NO5Si/c1-16(2,3)23-15(20)18-13(10-11-14(19)21-7)12-22-24(8,9)17(4,5)6/h10-11,13H,12H2,1-9H3,(H,18,20)/t13-/m0/s1. The molecule has 0 aromatic heterocycles. The van der Waals surface area contributed by atoms with Gasteiger partial charge in [-0.1, -0.05) is 26.8 Å². The van der Waals surface area contributed by atoms with Gasteiger partial charge in [-0.15, -0.1) is 0 Å². The first kappa shape index (κ1) is 22.7. The number of methoxy groups -OCH3 is 1. The van der Waals surface area contributed by atoms with Crippen molar-refractivity contribution < 1.29 is 23.5 Å². The van der Waals surface area contributed by atoms with Gasteiger partial charge in [0.05, 0.1) is 19.8 Å². The van der Waals surface area contributed by atoms with Crippen LogP contribution >= 0.6 is 0 Å². The number of hydrogen-bond acceptors (Lipinski definition) is 5. The molecule has 0 fully saturated rings. The maximum absolute atomic E-state index is 12.0. The number of ether oxygens (including phenoxy) is 2. The monoisotopic (exact) mass is 359 g/mol. The van der Waals surface area contributed by atoms with Crippen LogP contribution in [0.4, 0.5) is 4.79 Å². The number of alkyl carbamates (subject to hydrolysis) is 1. The lowest BCUT2D eigenvalue weighted by Gasteiger charge is -2.37. The van der Waals surface area contributed by atoms with Gasteiger partial charge in [-0.05, 0) is 38.9 Å². The van der Waals surface area contributed by atoms with E-state index >= 15 is 0 Å². The van der Waals surface area contributed by atoms with Gasteiger partial charge in [-0.2, -0.15) is 0 Å². The lowest BCUT2D eigenvalue weighted by Crippen LogP contribution is -2.46. The fraction of sp³-hybridized carbons (Fsp3) is 0.765. The Morgan fingerprint density at radius 1 is 1.12 bits per heavy atom. The van der Waals surface area contributed by atoms with Gasteiger partial charge in [0.2, 0.25) is 0 Å². The fourth-order valence-electron chi connectivity index (χ4n) is 1.38. The van der Waals surface area contributed by atoms with Crippen LogP contribution in [0.1, 0.15) is 41.5 Å². The lowest BCUT2D eigenvalue weighted by atomic mass is 10.2. The van der Waals surface area contributed by atoms with Gasteiger partial charge >= 0.3 is 12.1 Å². The Morgan fingerprint density at radius 3 is 2.08 bits per heavy atom. The van der Waals surface area contributed by atoms with Crippen LogP contribution in [0.2, 0.25) is 18.1 Å². The SMILES string of the molecule is COC(=O)C=C[C@@H](CO[Si](C)(C)C(C)(C)C)NC(=O)OC(C)(C)C. The highest BCUT2D eigenvalue weighted by Crippen LogP contribution is 2.36. The Bertz CT molecular complexity index is 461. The largest absolute Gasteiger partial charge is 0.466 e. The van der Waals surface area contributed by atoms with E-state index in [-0.39, 0.29) is 11.6 Å². The van der Waals surface area contributed by atoms with Gasteiger partial charge in [0.15, 0.2) is 8.32 Å². The number of esters is 1. The molecule has 0 saturated heterocycles. The first-order valence-electron chi connectivity index (χ1n) is 8.07. The average molecular weight is 360 g/mol. The molecule has 0 aliphatic heterocycles. The molecule has 6 nitrogen and oxygen atoms in total. The van der Waals surface area contributed by atoms with Crippen molar-refractivity contribution in [3.63, 3.8) is 0 Å². The smallest absolute Gasteiger partial charge is 0.408 e. The first-order valence-corrected chi connectivity index (χ1v) is 11.0. The predicted molar refractivity (Wildman–Crippen MR) is 97.5 cm³/mol. The third-order valence-electron chi connectivity index (χ3n) is 3.80. The highest BCUT2D eigenvalue weighted by Gasteiger charge is 2.37. The molecule has 140 valence electrons. The summed E-state index contributed by atoms with van der Waals surface area (Å²) in [5.74, 6) is -0.488. The molecule has 0 aliphatic carbocycles. The molecule has 1 amide bonds. The number of carbonyl (C=O) groups excluding carboxylic acids is 2. The maximum Gasteiger partial charge on any atom is 0.408 e. The Balaban J connectivity index is 4.98. The van der Waals surface area contributed by atoms with Crippen LogP contribution < -0.4 is 5.32 Å². The van der Waals surface area contributed by atoms with Crippen LogP contribution in [0.15, 0.2) is 12.2 Å². The minimum atomic E-state index is -1.97. The summed E-state index contributed by atoms with van der Waals surface area (Å²) in [7, 11) is -0.672. The number of carbonyl (C=O) groups is 2. The van der Waals surface area contributed by atoms with Crippen molar-refractivity contribution in [2.24, 2.45) is 0 Å². The molecular weight excluding hydrogens is 326 g/mol. The van der Waals surface area contributed by atoms with E-state index in [1.165, 1.54) is 13.2 Å². The van der Waals surface area contributed by atoms with Crippen molar-refractivity contribution in [1.29, 1.82) is 0 Å². The average Bonchev–Trinajstić information content (AvgIpc) is 2.37. The summed E-state index contributed by atoms with van der Waals surface area (Å²) >= 11 is 0. The second kappa shape index (κ2) is 8.67. The lowest BCUT2D eigenvalue weighted by molar-refractivity contribution is -0.134. The molecule has 1 N–H and O–H groups in total. The quantitative estimate of drug-likeness (QED) is 0.445. The van der Waals surface area contributed by atoms with Crippen molar-refractivity contribution >= 4 is 20.4 Å². The Morgan fingerprint density at radius 2 is 1.67 bits per heavy atom. The third kappa shape index (κ3) is 9.07. The minimum absolute atomic E-state index is 0.0511. The number of hydrogen-bond donors (Lipinski definition) is 1. The molecule has 0 rings (SSSR count). The van der Waals surface area contributed by atoms with E-state index < -0.39 is 32.0 Å². The molecule has 7 heteroatoms. The molecule has 0 spiro atoms. The first-order chi connectivity index (χ1) is 10.7. The van der Waals surface area contributed by atoms with Crippen LogP contribution in [0.25, 0.3) is 0 Å². The van der Waals surface area contributed by atoms with Crippen LogP contribution in [0.3, 0.4) is 0 Å². The van der Waals surface area contributed by atoms with Crippen LogP contribution in [0.5, 0.6) is 0 Å². The van der Waals surface area contributed by atoms with E-state index in [1.54, 1.807) is 26.8 Å². The predicted octanol–water partition coefficient (Wildman–Crippen LogP) is 3.63. The normalized spacial score (nSPS) is 14.4. The topological polar surface area (TPSA) is 73.9 Å². The second-order valence-electron chi connectivity index (χ2n) is 8.21. The third-order valence-corrected chi connectivity index (χ3v) is 8.30. The molecule has 0 radical (unpaired) electrons. The Kier molecular flexibility index (Phi) is 8.18. The zero-order chi connectivity index (χ0) is 19.2. The van der Waals surface area contributed by atoms with Crippen molar-refractivity contribution in [3.8, 4) is 0 Å². The van der Waals surface area contributed by atoms with Crippen LogP contribution in [-0.4, -0.2) is 45.7 Å². The summed E-state index contributed by atoms with van der Waals surface area (Å²) in [5.41, 5.74) is -0.596. The Labute approximate surface area is 147 Å². The molecule has 0 aliphatic rings. The van der Waals surface area contributed by atoms with E-state index in [0.717, 1.165) is 0 Å². The van der Waals surface area contributed by atoms with E-state index in [1.807, 2.05) is 0 Å². The number of nitrogens with one attached hydrogen (secondary N) is 1. The highest BCUT2D eigenvalue weighted by molar-refractivity contribution is 6.74. The molecular formula is C17H33NO5Si. The van der Waals surface area contributed by atoms with E-state index in [9.17, 15) is 9.59 Å². The van der Waals surface area contributed by atoms with Gasteiger partial charge in [0.1, 0.15) is 5.60 Å². The van der Waals surface area contributed by atoms with E-state index in [4.69, 9.17) is 9.16 Å². The van der Waals surface area contributed by atoms with Gasteiger partial charge in [0, 0.05) is 6.08 Å². The molecule has 24 heavy (non-hydrogen) atoms. The molecule has 0 unspecified atom stereocenters. The summed E-state index contributed by atoms with van der Waals surface area (Å²) in [6.07, 6.45) is 2.28. The molecule has 0 heterocycles. The van der Waals surface area contributed by atoms with Crippen molar-refractivity contribution in [3.05, 3.63) is 12.2 Å².